The van der Waals surface area contributed by atoms with E-state index in [-0.39, 0.29) is 0 Å². The van der Waals surface area contributed by atoms with Gasteiger partial charge in [0.1, 0.15) is 11.3 Å². The smallest absolute Gasteiger partial charge is 0.339 e. The Balaban J connectivity index is 2.00. The summed E-state index contributed by atoms with van der Waals surface area (Å²) in [6.07, 6.45) is 7.56. The molecule has 0 atom stereocenters. The second kappa shape index (κ2) is 5.72. The van der Waals surface area contributed by atoms with Crippen molar-refractivity contribution in [3.63, 3.8) is 0 Å². The van der Waals surface area contributed by atoms with Gasteiger partial charge >= 0.3 is 5.97 Å². The number of carbonyl (C=O) groups is 1. The van der Waals surface area contributed by atoms with Gasteiger partial charge in [0.25, 0.3) is 0 Å². The molecule has 1 aliphatic carbocycles. The Morgan fingerprint density at radius 1 is 1.19 bits per heavy atom. The van der Waals surface area contributed by atoms with E-state index < -0.39 is 5.97 Å². The van der Waals surface area contributed by atoms with E-state index in [2.05, 4.69) is 5.10 Å². The Hall–Kier alpha value is -2.10. The van der Waals surface area contributed by atoms with E-state index in [9.17, 15) is 9.90 Å². The number of carboxylic acids is 1. The number of carboxylic acid groups (broad SMARTS) is 1. The first-order chi connectivity index (χ1) is 10.1. The van der Waals surface area contributed by atoms with E-state index >= 15 is 0 Å². The largest absolute Gasteiger partial charge is 0.478 e. The van der Waals surface area contributed by atoms with Crippen LogP contribution < -0.4 is 0 Å². The summed E-state index contributed by atoms with van der Waals surface area (Å²) in [6.45, 7) is 2.02. The first-order valence-corrected chi connectivity index (χ1v) is 7.54. The summed E-state index contributed by atoms with van der Waals surface area (Å²) in [6, 6.07) is 8.20. The summed E-state index contributed by atoms with van der Waals surface area (Å²) >= 11 is 0. The molecule has 2 aromatic rings. The van der Waals surface area contributed by atoms with Crippen LogP contribution in [0.15, 0.2) is 30.5 Å². The fourth-order valence-electron chi connectivity index (χ4n) is 3.01. The normalized spacial score (nSPS) is 16.0. The molecule has 1 aliphatic rings. The number of nitrogens with zero attached hydrogens (tertiary/aromatic N) is 2. The number of hydrogen-bond acceptors (Lipinski definition) is 2. The standard InChI is InChI=1S/C17H20N2O2/c1-12-7-9-13(10-8-12)16-15(17(20)21)11-19(18-16)14-5-3-2-4-6-14/h7-11,14H,2-6H2,1H3,(H,20,21). The van der Waals surface area contributed by atoms with Gasteiger partial charge in [0, 0.05) is 11.8 Å². The lowest BCUT2D eigenvalue weighted by Gasteiger charge is -2.21. The summed E-state index contributed by atoms with van der Waals surface area (Å²) in [7, 11) is 0. The van der Waals surface area contributed by atoms with Crippen LogP contribution >= 0.6 is 0 Å². The van der Waals surface area contributed by atoms with Crippen LogP contribution in [0.4, 0.5) is 0 Å². The SMILES string of the molecule is Cc1ccc(-c2nn(C3CCCCC3)cc2C(=O)O)cc1. The summed E-state index contributed by atoms with van der Waals surface area (Å²) < 4.78 is 1.87. The van der Waals surface area contributed by atoms with Crippen LogP contribution in [0.1, 0.15) is 54.1 Å². The number of hydrogen-bond donors (Lipinski definition) is 1. The molecule has 4 nitrogen and oxygen atoms in total. The van der Waals surface area contributed by atoms with E-state index in [1.807, 2.05) is 35.9 Å². The lowest BCUT2D eigenvalue weighted by molar-refractivity contribution is 0.0697. The fraction of sp³-hybridized carbons (Fsp3) is 0.412. The minimum atomic E-state index is -0.910. The molecule has 21 heavy (non-hydrogen) atoms. The molecule has 1 fully saturated rings. The maximum Gasteiger partial charge on any atom is 0.339 e. The predicted molar refractivity (Wildman–Crippen MR) is 81.5 cm³/mol. The van der Waals surface area contributed by atoms with Gasteiger partial charge in [-0.2, -0.15) is 5.10 Å². The molecule has 0 unspecified atom stereocenters. The van der Waals surface area contributed by atoms with Crippen LogP contribution in [0.2, 0.25) is 0 Å². The second-order valence-electron chi connectivity index (χ2n) is 5.83. The Kier molecular flexibility index (Phi) is 3.78. The van der Waals surface area contributed by atoms with Crippen LogP contribution in [0, 0.1) is 6.92 Å². The Bertz CT molecular complexity index is 637. The van der Waals surface area contributed by atoms with Crippen LogP contribution in [0.25, 0.3) is 11.3 Å². The zero-order chi connectivity index (χ0) is 14.8. The maximum atomic E-state index is 11.5. The molecule has 110 valence electrons. The zero-order valence-corrected chi connectivity index (χ0v) is 12.2. The molecule has 4 heteroatoms. The summed E-state index contributed by atoms with van der Waals surface area (Å²) in [5, 5.41) is 14.0. The highest BCUT2D eigenvalue weighted by Crippen LogP contribution is 2.30. The molecule has 1 aromatic carbocycles. The van der Waals surface area contributed by atoms with Crippen molar-refractivity contribution >= 4 is 5.97 Å². The van der Waals surface area contributed by atoms with Crippen LogP contribution in [0.5, 0.6) is 0 Å². The van der Waals surface area contributed by atoms with Crippen molar-refractivity contribution in [3.05, 3.63) is 41.6 Å². The molecule has 1 heterocycles. The first-order valence-electron chi connectivity index (χ1n) is 7.54. The summed E-state index contributed by atoms with van der Waals surface area (Å²) in [5.74, 6) is -0.910. The van der Waals surface area contributed by atoms with Crippen molar-refractivity contribution in [1.29, 1.82) is 0 Å². The molecule has 1 N–H and O–H groups in total. The topological polar surface area (TPSA) is 55.1 Å². The van der Waals surface area contributed by atoms with Crippen molar-refractivity contribution in [1.82, 2.24) is 9.78 Å². The van der Waals surface area contributed by atoms with Crippen molar-refractivity contribution in [2.45, 2.75) is 45.1 Å². The minimum Gasteiger partial charge on any atom is -0.478 e. The van der Waals surface area contributed by atoms with Gasteiger partial charge < -0.3 is 5.11 Å². The van der Waals surface area contributed by atoms with Crippen molar-refractivity contribution in [3.8, 4) is 11.3 Å². The fourth-order valence-corrected chi connectivity index (χ4v) is 3.01. The highest BCUT2D eigenvalue weighted by Gasteiger charge is 2.22. The van der Waals surface area contributed by atoms with Crippen LogP contribution in [0.3, 0.4) is 0 Å². The third-order valence-corrected chi connectivity index (χ3v) is 4.24. The van der Waals surface area contributed by atoms with Crippen molar-refractivity contribution in [2.75, 3.05) is 0 Å². The van der Waals surface area contributed by atoms with Gasteiger partial charge in [-0.25, -0.2) is 4.79 Å². The second-order valence-corrected chi connectivity index (χ2v) is 5.83. The Labute approximate surface area is 124 Å². The van der Waals surface area contributed by atoms with Gasteiger partial charge in [-0.3, -0.25) is 4.68 Å². The first kappa shape index (κ1) is 13.9. The Morgan fingerprint density at radius 3 is 2.48 bits per heavy atom. The number of benzene rings is 1. The van der Waals surface area contributed by atoms with Crippen molar-refractivity contribution in [2.24, 2.45) is 0 Å². The highest BCUT2D eigenvalue weighted by molar-refractivity contribution is 5.94. The number of aromatic nitrogens is 2. The molecular weight excluding hydrogens is 264 g/mol. The lowest BCUT2D eigenvalue weighted by atomic mass is 9.96. The Morgan fingerprint density at radius 2 is 1.86 bits per heavy atom. The van der Waals surface area contributed by atoms with E-state index in [4.69, 9.17) is 0 Å². The molecule has 1 saturated carbocycles. The number of rotatable bonds is 3. The maximum absolute atomic E-state index is 11.5. The van der Waals surface area contributed by atoms with Gasteiger partial charge in [0.15, 0.2) is 0 Å². The van der Waals surface area contributed by atoms with Gasteiger partial charge in [0.05, 0.1) is 6.04 Å². The van der Waals surface area contributed by atoms with E-state index in [0.717, 1.165) is 24.0 Å². The third kappa shape index (κ3) is 2.84. The third-order valence-electron chi connectivity index (χ3n) is 4.24. The molecule has 0 amide bonds. The molecule has 0 saturated heterocycles. The highest BCUT2D eigenvalue weighted by atomic mass is 16.4. The molecule has 3 rings (SSSR count). The zero-order valence-electron chi connectivity index (χ0n) is 12.2. The molecule has 0 spiro atoms. The molecule has 0 bridgehead atoms. The average Bonchev–Trinajstić information content (AvgIpc) is 2.94. The molecule has 0 aliphatic heterocycles. The van der Waals surface area contributed by atoms with E-state index in [0.29, 0.717) is 17.3 Å². The lowest BCUT2D eigenvalue weighted by Crippen LogP contribution is -2.13. The summed E-state index contributed by atoms with van der Waals surface area (Å²) in [4.78, 5) is 11.5. The quantitative estimate of drug-likeness (QED) is 0.924. The summed E-state index contributed by atoms with van der Waals surface area (Å²) in [5.41, 5.74) is 2.90. The van der Waals surface area contributed by atoms with Gasteiger partial charge in [-0.15, -0.1) is 0 Å². The van der Waals surface area contributed by atoms with E-state index in [1.165, 1.54) is 19.3 Å². The predicted octanol–water partition coefficient (Wildman–Crippen LogP) is 4.06. The van der Waals surface area contributed by atoms with Gasteiger partial charge in [-0.1, -0.05) is 49.1 Å². The van der Waals surface area contributed by atoms with E-state index in [1.54, 1.807) is 6.20 Å². The average molecular weight is 284 g/mol. The number of aryl methyl sites for hydroxylation is 1. The molecular formula is C17H20N2O2. The van der Waals surface area contributed by atoms with Gasteiger partial charge in [0.2, 0.25) is 0 Å². The van der Waals surface area contributed by atoms with Crippen LogP contribution in [-0.2, 0) is 0 Å². The molecule has 1 aromatic heterocycles. The van der Waals surface area contributed by atoms with Gasteiger partial charge in [-0.05, 0) is 19.8 Å². The number of aromatic carboxylic acids is 1. The monoisotopic (exact) mass is 284 g/mol. The van der Waals surface area contributed by atoms with Crippen molar-refractivity contribution < 1.29 is 9.90 Å². The minimum absolute atomic E-state index is 0.296. The molecule has 0 radical (unpaired) electrons. The van der Waals surface area contributed by atoms with Crippen LogP contribution in [-0.4, -0.2) is 20.9 Å².